The van der Waals surface area contributed by atoms with Crippen LogP contribution >= 0.6 is 0 Å². The standard InChI is InChI=1S/C18H26N4O3/c1-3-25-16-7-5-4-6-15(16)21-12-10-20(11-13-21)14(2)17(23)22-9-8-19-18(22)24/h4-7,14H,3,8-13H2,1-2H3,(H,19,24)/p+1/t14-/m0/s1. The van der Waals surface area contributed by atoms with Gasteiger partial charge in [0.05, 0.1) is 38.5 Å². The molecule has 3 amide bonds. The van der Waals surface area contributed by atoms with Crippen LogP contribution in [-0.2, 0) is 4.79 Å². The summed E-state index contributed by atoms with van der Waals surface area (Å²) in [6.45, 7) is 9.04. The number of amides is 3. The van der Waals surface area contributed by atoms with E-state index >= 15 is 0 Å². The molecule has 25 heavy (non-hydrogen) atoms. The number of nitrogens with one attached hydrogen (secondary N) is 2. The highest BCUT2D eigenvalue weighted by atomic mass is 16.5. The minimum Gasteiger partial charge on any atom is -0.492 e. The number of hydrogen-bond donors (Lipinski definition) is 2. The Morgan fingerprint density at radius 2 is 2.00 bits per heavy atom. The molecule has 3 rings (SSSR count). The van der Waals surface area contributed by atoms with Crippen molar-refractivity contribution in [3.63, 3.8) is 0 Å². The van der Waals surface area contributed by atoms with Crippen molar-refractivity contribution in [1.82, 2.24) is 10.2 Å². The van der Waals surface area contributed by atoms with Gasteiger partial charge in [0.1, 0.15) is 5.75 Å². The van der Waals surface area contributed by atoms with Gasteiger partial charge in [0.2, 0.25) is 0 Å². The Bertz CT molecular complexity index is 629. The van der Waals surface area contributed by atoms with Crippen LogP contribution in [-0.4, -0.2) is 68.8 Å². The summed E-state index contributed by atoms with van der Waals surface area (Å²) in [6, 6.07) is 7.62. The average Bonchev–Trinajstić information content (AvgIpc) is 3.07. The smallest absolute Gasteiger partial charge is 0.324 e. The molecule has 7 heteroatoms. The molecule has 2 fully saturated rings. The lowest BCUT2D eigenvalue weighted by molar-refractivity contribution is -0.915. The number of hydrogen-bond acceptors (Lipinski definition) is 4. The van der Waals surface area contributed by atoms with E-state index in [1.54, 1.807) is 0 Å². The van der Waals surface area contributed by atoms with Crippen LogP contribution in [0.25, 0.3) is 0 Å². The van der Waals surface area contributed by atoms with Gasteiger partial charge in [0.15, 0.2) is 6.04 Å². The van der Waals surface area contributed by atoms with Crippen molar-refractivity contribution < 1.29 is 19.2 Å². The molecule has 0 radical (unpaired) electrons. The maximum Gasteiger partial charge on any atom is 0.324 e. The summed E-state index contributed by atoms with van der Waals surface area (Å²) in [7, 11) is 0. The maximum absolute atomic E-state index is 12.6. The number of benzene rings is 1. The predicted octanol–water partition coefficient (Wildman–Crippen LogP) is -0.269. The molecular weight excluding hydrogens is 320 g/mol. The number of rotatable bonds is 5. The topological polar surface area (TPSA) is 66.3 Å². The lowest BCUT2D eigenvalue weighted by atomic mass is 10.2. The second-order valence-corrected chi connectivity index (χ2v) is 6.49. The van der Waals surface area contributed by atoms with E-state index in [9.17, 15) is 9.59 Å². The number of carbonyl (C=O) groups excluding carboxylic acids is 2. The lowest BCUT2D eigenvalue weighted by Gasteiger charge is -2.37. The van der Waals surface area contributed by atoms with E-state index in [1.165, 1.54) is 9.80 Å². The molecule has 136 valence electrons. The number of ether oxygens (including phenoxy) is 1. The molecule has 0 bridgehead atoms. The van der Waals surface area contributed by atoms with Gasteiger partial charge in [0, 0.05) is 13.1 Å². The molecule has 1 aromatic carbocycles. The van der Waals surface area contributed by atoms with Crippen LogP contribution in [0.5, 0.6) is 5.75 Å². The number of urea groups is 1. The van der Waals surface area contributed by atoms with E-state index in [2.05, 4.69) is 16.3 Å². The van der Waals surface area contributed by atoms with Crippen molar-refractivity contribution in [2.75, 3.05) is 50.8 Å². The van der Waals surface area contributed by atoms with E-state index in [-0.39, 0.29) is 18.0 Å². The molecule has 2 aliphatic rings. The normalized spacial score (nSPS) is 19.7. The van der Waals surface area contributed by atoms with Gasteiger partial charge in [0.25, 0.3) is 5.91 Å². The average molecular weight is 347 g/mol. The van der Waals surface area contributed by atoms with Crippen LogP contribution in [0.1, 0.15) is 13.8 Å². The summed E-state index contributed by atoms with van der Waals surface area (Å²) < 4.78 is 5.73. The highest BCUT2D eigenvalue weighted by Gasteiger charge is 2.36. The molecule has 1 atom stereocenters. The Hall–Kier alpha value is -2.28. The second kappa shape index (κ2) is 7.74. The van der Waals surface area contributed by atoms with Gasteiger partial charge < -0.3 is 19.9 Å². The third kappa shape index (κ3) is 3.71. The highest BCUT2D eigenvalue weighted by Crippen LogP contribution is 2.27. The Morgan fingerprint density at radius 1 is 1.28 bits per heavy atom. The largest absolute Gasteiger partial charge is 0.492 e. The van der Waals surface area contributed by atoms with Gasteiger partial charge in [-0.15, -0.1) is 0 Å². The van der Waals surface area contributed by atoms with E-state index < -0.39 is 0 Å². The highest BCUT2D eigenvalue weighted by molar-refractivity contribution is 5.97. The third-order valence-corrected chi connectivity index (χ3v) is 5.02. The van der Waals surface area contributed by atoms with Gasteiger partial charge in [-0.2, -0.15) is 0 Å². The molecule has 0 saturated carbocycles. The van der Waals surface area contributed by atoms with Gasteiger partial charge in [-0.25, -0.2) is 4.79 Å². The fourth-order valence-electron chi connectivity index (χ4n) is 3.55. The zero-order chi connectivity index (χ0) is 17.8. The van der Waals surface area contributed by atoms with Crippen LogP contribution in [0.2, 0.25) is 0 Å². The number of quaternary nitrogens is 1. The van der Waals surface area contributed by atoms with Crippen molar-refractivity contribution in [1.29, 1.82) is 0 Å². The zero-order valence-corrected chi connectivity index (χ0v) is 15.0. The lowest BCUT2D eigenvalue weighted by Crippen LogP contribution is -3.19. The van der Waals surface area contributed by atoms with E-state index in [0.717, 1.165) is 37.6 Å². The molecule has 0 aromatic heterocycles. The molecule has 2 saturated heterocycles. The first-order valence-corrected chi connectivity index (χ1v) is 9.02. The Labute approximate surface area is 148 Å². The second-order valence-electron chi connectivity index (χ2n) is 6.49. The van der Waals surface area contributed by atoms with E-state index in [4.69, 9.17) is 4.74 Å². The predicted molar refractivity (Wildman–Crippen MR) is 95.1 cm³/mol. The molecule has 2 heterocycles. The van der Waals surface area contributed by atoms with Crippen LogP contribution in [0.4, 0.5) is 10.5 Å². The number of nitrogens with zero attached hydrogens (tertiary/aromatic N) is 2. The zero-order valence-electron chi connectivity index (χ0n) is 15.0. The number of carbonyl (C=O) groups is 2. The van der Waals surface area contributed by atoms with Crippen molar-refractivity contribution in [2.24, 2.45) is 0 Å². The maximum atomic E-state index is 12.6. The summed E-state index contributed by atoms with van der Waals surface area (Å²) in [5, 5.41) is 2.69. The van der Waals surface area contributed by atoms with E-state index in [1.807, 2.05) is 32.0 Å². The number of para-hydroxylation sites is 2. The van der Waals surface area contributed by atoms with Gasteiger partial charge in [-0.05, 0) is 26.0 Å². The monoisotopic (exact) mass is 347 g/mol. The first-order valence-electron chi connectivity index (χ1n) is 9.02. The summed E-state index contributed by atoms with van der Waals surface area (Å²) in [5.74, 6) is 0.833. The number of anilines is 1. The molecule has 0 unspecified atom stereocenters. The van der Waals surface area contributed by atoms with Gasteiger partial charge >= 0.3 is 6.03 Å². The molecule has 0 aliphatic carbocycles. The molecule has 0 spiro atoms. The summed E-state index contributed by atoms with van der Waals surface area (Å²) in [5.41, 5.74) is 1.11. The van der Waals surface area contributed by atoms with Gasteiger partial charge in [-0.1, -0.05) is 12.1 Å². The first kappa shape index (κ1) is 17.5. The fourth-order valence-corrected chi connectivity index (χ4v) is 3.55. The minimum atomic E-state index is -0.263. The SMILES string of the molecule is CCOc1ccccc1N1CC[NH+]([C@@H](C)C(=O)N2CCNC2=O)CC1. The van der Waals surface area contributed by atoms with Crippen molar-refractivity contribution in [3.8, 4) is 5.75 Å². The fraction of sp³-hybridized carbons (Fsp3) is 0.556. The van der Waals surface area contributed by atoms with Crippen molar-refractivity contribution >= 4 is 17.6 Å². The Morgan fingerprint density at radius 3 is 2.64 bits per heavy atom. The molecule has 1 aromatic rings. The van der Waals surface area contributed by atoms with Crippen molar-refractivity contribution in [2.45, 2.75) is 19.9 Å². The Kier molecular flexibility index (Phi) is 5.43. The Balaban J connectivity index is 1.60. The first-order chi connectivity index (χ1) is 12.1. The molecular formula is C18H27N4O3+. The number of piperazine rings is 1. The summed E-state index contributed by atoms with van der Waals surface area (Å²) in [4.78, 5) is 29.1. The van der Waals surface area contributed by atoms with Crippen LogP contribution in [0.3, 0.4) is 0 Å². The minimum absolute atomic E-state index is 0.0758. The molecule has 7 nitrogen and oxygen atoms in total. The van der Waals surface area contributed by atoms with Crippen molar-refractivity contribution in [3.05, 3.63) is 24.3 Å². The third-order valence-electron chi connectivity index (χ3n) is 5.02. The summed E-state index contributed by atoms with van der Waals surface area (Å²) >= 11 is 0. The number of imide groups is 1. The van der Waals surface area contributed by atoms with Gasteiger partial charge in [-0.3, -0.25) is 9.69 Å². The van der Waals surface area contributed by atoms with Crippen LogP contribution in [0.15, 0.2) is 24.3 Å². The molecule has 2 N–H and O–H groups in total. The quantitative estimate of drug-likeness (QED) is 0.770. The van der Waals surface area contributed by atoms with Crippen LogP contribution in [0, 0.1) is 0 Å². The van der Waals surface area contributed by atoms with E-state index in [0.29, 0.717) is 19.7 Å². The molecule has 2 aliphatic heterocycles. The van der Waals surface area contributed by atoms with Crippen LogP contribution < -0.4 is 19.9 Å². The summed E-state index contributed by atoms with van der Waals surface area (Å²) in [6.07, 6.45) is 0.